The molecule has 0 N–H and O–H groups in total. The Morgan fingerprint density at radius 3 is 1.68 bits per heavy atom. The lowest BCUT2D eigenvalue weighted by Crippen LogP contribution is -1.94. The molecule has 0 aliphatic heterocycles. The molecule has 0 radical (unpaired) electrons. The molecule has 4 aromatic carbocycles. The first-order valence-corrected chi connectivity index (χ1v) is 10.2. The van der Waals surface area contributed by atoms with Crippen LogP contribution in [0.2, 0.25) is 0 Å². The molecule has 2 heteroatoms. The second-order valence-electron chi connectivity index (χ2n) is 6.68. The zero-order chi connectivity index (χ0) is 18.8. The highest BCUT2D eigenvalue weighted by Gasteiger charge is 2.14. The molecular formula is C26H19NS. The zero-order valence-electron chi connectivity index (χ0n) is 15.3. The lowest BCUT2D eigenvalue weighted by Gasteiger charge is -2.13. The van der Waals surface area contributed by atoms with Gasteiger partial charge in [-0.1, -0.05) is 96.7 Å². The molecule has 1 heterocycles. The lowest BCUT2D eigenvalue weighted by molar-refractivity contribution is 1.28. The average Bonchev–Trinajstić information content (AvgIpc) is 3.09. The van der Waals surface area contributed by atoms with Gasteiger partial charge in [0.15, 0.2) is 0 Å². The molecule has 28 heavy (non-hydrogen) atoms. The number of thioether (sulfide) groups is 1. The summed E-state index contributed by atoms with van der Waals surface area (Å²) >= 11 is 1.80. The molecule has 0 saturated heterocycles. The first-order valence-electron chi connectivity index (χ1n) is 9.38. The van der Waals surface area contributed by atoms with Crippen molar-refractivity contribution in [2.24, 2.45) is 0 Å². The van der Waals surface area contributed by atoms with Crippen molar-refractivity contribution in [3.63, 3.8) is 0 Å². The number of para-hydroxylation sites is 2. The van der Waals surface area contributed by atoms with Gasteiger partial charge >= 0.3 is 0 Å². The van der Waals surface area contributed by atoms with Gasteiger partial charge in [-0.3, -0.25) is 0 Å². The van der Waals surface area contributed by atoms with E-state index in [1.54, 1.807) is 11.8 Å². The first-order chi connectivity index (χ1) is 13.9. The number of fused-ring (bicyclic) bond motifs is 3. The van der Waals surface area contributed by atoms with Crippen LogP contribution in [0.3, 0.4) is 0 Å². The van der Waals surface area contributed by atoms with Crippen LogP contribution in [0, 0.1) is 0 Å². The molecule has 0 saturated carbocycles. The van der Waals surface area contributed by atoms with E-state index in [-0.39, 0.29) is 0 Å². The molecule has 0 amide bonds. The fourth-order valence-corrected chi connectivity index (χ4v) is 4.62. The van der Waals surface area contributed by atoms with Crippen LogP contribution in [0.1, 0.15) is 5.56 Å². The van der Waals surface area contributed by atoms with Crippen molar-refractivity contribution in [2.45, 2.75) is 4.90 Å². The number of aromatic nitrogens is 1. The van der Waals surface area contributed by atoms with E-state index in [4.69, 9.17) is 0 Å². The zero-order valence-corrected chi connectivity index (χ0v) is 16.1. The molecule has 0 bridgehead atoms. The van der Waals surface area contributed by atoms with E-state index in [1.165, 1.54) is 37.3 Å². The maximum absolute atomic E-state index is 2.38. The summed E-state index contributed by atoms with van der Waals surface area (Å²) in [6.07, 6.45) is 2.27. The Hall–Kier alpha value is -3.23. The van der Waals surface area contributed by atoms with Crippen molar-refractivity contribution < 1.29 is 0 Å². The van der Waals surface area contributed by atoms with Crippen molar-refractivity contribution >= 4 is 44.7 Å². The normalized spacial score (nSPS) is 11.9. The second-order valence-corrected chi connectivity index (χ2v) is 7.77. The van der Waals surface area contributed by atoms with Gasteiger partial charge in [0.05, 0.1) is 16.1 Å². The largest absolute Gasteiger partial charge is 0.303 e. The van der Waals surface area contributed by atoms with Crippen molar-refractivity contribution in [3.05, 3.63) is 115 Å². The fourth-order valence-electron chi connectivity index (χ4n) is 3.60. The van der Waals surface area contributed by atoms with E-state index in [0.717, 1.165) is 0 Å². The van der Waals surface area contributed by atoms with Gasteiger partial charge in [-0.05, 0) is 35.9 Å². The number of nitrogens with zero attached hydrogens (tertiary/aromatic N) is 1. The van der Waals surface area contributed by atoms with Crippen molar-refractivity contribution in [1.82, 2.24) is 4.57 Å². The lowest BCUT2D eigenvalue weighted by atomic mass is 10.2. The molecule has 0 aliphatic rings. The van der Waals surface area contributed by atoms with Gasteiger partial charge < -0.3 is 4.57 Å². The molecule has 0 atom stereocenters. The maximum Gasteiger partial charge on any atom is 0.0853 e. The number of hydrogen-bond acceptors (Lipinski definition) is 1. The van der Waals surface area contributed by atoms with Crippen LogP contribution in [0.4, 0.5) is 0 Å². The summed E-state index contributed by atoms with van der Waals surface area (Å²) in [7, 11) is 0. The minimum absolute atomic E-state index is 1.19. The summed E-state index contributed by atoms with van der Waals surface area (Å²) in [5.74, 6) is 0. The summed E-state index contributed by atoms with van der Waals surface area (Å²) in [4.78, 5) is 1.23. The predicted octanol–water partition coefficient (Wildman–Crippen LogP) is 7.54. The topological polar surface area (TPSA) is 4.93 Å². The van der Waals surface area contributed by atoms with Crippen LogP contribution in [0.25, 0.3) is 32.9 Å². The highest BCUT2D eigenvalue weighted by atomic mass is 32.2. The van der Waals surface area contributed by atoms with Crippen molar-refractivity contribution in [1.29, 1.82) is 0 Å². The molecule has 134 valence electrons. The molecule has 0 unspecified atom stereocenters. The van der Waals surface area contributed by atoms with Crippen molar-refractivity contribution in [2.75, 3.05) is 0 Å². The quantitative estimate of drug-likeness (QED) is 0.293. The molecule has 1 aromatic heterocycles. The third-order valence-electron chi connectivity index (χ3n) is 4.86. The first kappa shape index (κ1) is 16.9. The number of rotatable bonds is 4. The summed E-state index contributed by atoms with van der Waals surface area (Å²) in [5.41, 5.74) is 3.66. The number of benzene rings is 4. The summed E-state index contributed by atoms with van der Waals surface area (Å²) in [5, 5.41) is 3.76. The Bertz CT molecular complexity index is 1210. The van der Waals surface area contributed by atoms with Gasteiger partial charge in [0.25, 0.3) is 0 Å². The molecule has 5 rings (SSSR count). The second kappa shape index (κ2) is 7.41. The monoisotopic (exact) mass is 377 g/mol. The third-order valence-corrected chi connectivity index (χ3v) is 5.87. The smallest absolute Gasteiger partial charge is 0.0853 e. The molecular weight excluding hydrogens is 358 g/mol. The minimum Gasteiger partial charge on any atom is -0.303 e. The van der Waals surface area contributed by atoms with Crippen LogP contribution >= 0.6 is 11.8 Å². The van der Waals surface area contributed by atoms with E-state index < -0.39 is 0 Å². The van der Waals surface area contributed by atoms with E-state index in [1.807, 2.05) is 0 Å². The standard InChI is InChI=1S/C26H19NS/c1-3-11-20(12-4-1)19-26(28-21-13-5-2-6-14-21)27-24-17-9-7-15-22(24)23-16-8-10-18-25(23)27/h1-19H/b26-19-. The highest BCUT2D eigenvalue weighted by Crippen LogP contribution is 2.39. The van der Waals surface area contributed by atoms with Crippen LogP contribution < -0.4 is 0 Å². The number of hydrogen-bond donors (Lipinski definition) is 0. The molecule has 0 fully saturated rings. The minimum atomic E-state index is 1.19. The molecule has 1 nitrogen and oxygen atoms in total. The van der Waals surface area contributed by atoms with Gasteiger partial charge in [0.2, 0.25) is 0 Å². The SMILES string of the molecule is C(=C(/Sc1ccccc1)n1c2ccccc2c2ccccc21)/c1ccccc1. The summed E-state index contributed by atoms with van der Waals surface area (Å²) in [6, 6.07) is 38.4. The van der Waals surface area contributed by atoms with E-state index in [0.29, 0.717) is 0 Å². The van der Waals surface area contributed by atoms with E-state index in [9.17, 15) is 0 Å². The summed E-state index contributed by atoms with van der Waals surface area (Å²) in [6.45, 7) is 0. The Morgan fingerprint density at radius 2 is 1.07 bits per heavy atom. The predicted molar refractivity (Wildman–Crippen MR) is 122 cm³/mol. The Kier molecular flexibility index (Phi) is 4.48. The van der Waals surface area contributed by atoms with Crippen LogP contribution in [0.5, 0.6) is 0 Å². The Labute approximate surface area is 168 Å². The molecule has 0 aliphatic carbocycles. The Balaban J connectivity index is 1.78. The van der Waals surface area contributed by atoms with Crippen LogP contribution in [0.15, 0.2) is 114 Å². The van der Waals surface area contributed by atoms with Crippen LogP contribution in [-0.4, -0.2) is 4.57 Å². The fraction of sp³-hybridized carbons (Fsp3) is 0. The summed E-state index contributed by atoms with van der Waals surface area (Å²) < 4.78 is 2.38. The van der Waals surface area contributed by atoms with Gasteiger partial charge in [0, 0.05) is 15.7 Å². The van der Waals surface area contributed by atoms with E-state index in [2.05, 4.69) is 120 Å². The maximum atomic E-state index is 2.38. The highest BCUT2D eigenvalue weighted by molar-refractivity contribution is 8.08. The van der Waals surface area contributed by atoms with Gasteiger partial charge in [0.1, 0.15) is 0 Å². The Morgan fingerprint density at radius 1 is 0.571 bits per heavy atom. The van der Waals surface area contributed by atoms with Crippen molar-refractivity contribution in [3.8, 4) is 0 Å². The van der Waals surface area contributed by atoms with Crippen LogP contribution in [-0.2, 0) is 0 Å². The molecule has 5 aromatic rings. The van der Waals surface area contributed by atoms with Gasteiger partial charge in [-0.2, -0.15) is 0 Å². The average molecular weight is 378 g/mol. The molecule has 0 spiro atoms. The van der Waals surface area contributed by atoms with E-state index >= 15 is 0 Å². The third kappa shape index (κ3) is 3.12. The van der Waals surface area contributed by atoms with Gasteiger partial charge in [-0.25, -0.2) is 0 Å². The van der Waals surface area contributed by atoms with Gasteiger partial charge in [-0.15, -0.1) is 0 Å².